The van der Waals surface area contributed by atoms with Gasteiger partial charge in [-0.1, -0.05) is 56.7 Å². The van der Waals surface area contributed by atoms with Gasteiger partial charge in [0, 0.05) is 23.2 Å². The Labute approximate surface area is 141 Å². The minimum atomic E-state index is 0.849. The fourth-order valence-electron chi connectivity index (χ4n) is 2.47. The van der Waals surface area contributed by atoms with Crippen molar-refractivity contribution in [2.24, 2.45) is 10.7 Å². The smallest absolute Gasteiger partial charge is 0.0467 e. The molecule has 2 N–H and O–H groups in total. The van der Waals surface area contributed by atoms with E-state index in [1.54, 1.807) is 0 Å². The van der Waals surface area contributed by atoms with Crippen molar-refractivity contribution in [3.05, 3.63) is 64.5 Å². The molecule has 0 unspecified atom stereocenters. The number of hydrogen-bond acceptors (Lipinski definition) is 2. The quantitative estimate of drug-likeness (QED) is 0.496. The van der Waals surface area contributed by atoms with E-state index in [0.29, 0.717) is 0 Å². The molecule has 1 aromatic carbocycles. The maximum atomic E-state index is 6.52. The van der Waals surface area contributed by atoms with Crippen LogP contribution in [-0.2, 0) is 0 Å². The van der Waals surface area contributed by atoms with Gasteiger partial charge in [-0.2, -0.15) is 0 Å². The predicted molar refractivity (Wildman–Crippen MR) is 103 cm³/mol. The van der Waals surface area contributed by atoms with Crippen LogP contribution in [-0.4, -0.2) is 6.21 Å². The van der Waals surface area contributed by atoms with E-state index in [9.17, 15) is 0 Å². The van der Waals surface area contributed by atoms with Crippen LogP contribution in [0.3, 0.4) is 0 Å². The van der Waals surface area contributed by atoms with E-state index in [0.717, 1.165) is 36.2 Å². The number of aliphatic imine (C=N–C) groups is 1. The summed E-state index contributed by atoms with van der Waals surface area (Å²) in [7, 11) is 0. The standard InChI is InChI=1S/C21H30N2/c1-6-9-15-19(18-13-11-10-12-14-18)20(17(5)23-8-3)21(22)16(4)7-2/h8,10-15H,6-7,9,22H2,1-5H3/b19-15-,20-17-,21-16-,23-8?. The van der Waals surface area contributed by atoms with Crippen LogP contribution in [0.1, 0.15) is 59.4 Å². The normalized spacial score (nSPS) is 14.7. The van der Waals surface area contributed by atoms with Crippen LogP contribution in [0, 0.1) is 0 Å². The lowest BCUT2D eigenvalue weighted by Gasteiger charge is -2.18. The second kappa shape index (κ2) is 9.83. The van der Waals surface area contributed by atoms with Crippen LogP contribution in [0.2, 0.25) is 0 Å². The Morgan fingerprint density at radius 2 is 1.78 bits per heavy atom. The molecule has 1 rings (SSSR count). The summed E-state index contributed by atoms with van der Waals surface area (Å²) in [5, 5.41) is 0. The minimum absolute atomic E-state index is 0.849. The van der Waals surface area contributed by atoms with Gasteiger partial charge in [0.25, 0.3) is 0 Å². The summed E-state index contributed by atoms with van der Waals surface area (Å²) in [5.74, 6) is 0. The lowest BCUT2D eigenvalue weighted by atomic mass is 9.91. The zero-order valence-corrected chi connectivity index (χ0v) is 15.2. The summed E-state index contributed by atoms with van der Waals surface area (Å²) >= 11 is 0. The molecule has 0 saturated carbocycles. The maximum Gasteiger partial charge on any atom is 0.0467 e. The predicted octanol–water partition coefficient (Wildman–Crippen LogP) is 5.88. The average molecular weight is 310 g/mol. The van der Waals surface area contributed by atoms with E-state index in [1.165, 1.54) is 16.7 Å². The van der Waals surface area contributed by atoms with E-state index in [1.807, 2.05) is 26.1 Å². The monoisotopic (exact) mass is 310 g/mol. The zero-order chi connectivity index (χ0) is 17.2. The van der Waals surface area contributed by atoms with Gasteiger partial charge in [-0.05, 0) is 50.3 Å². The van der Waals surface area contributed by atoms with Crippen LogP contribution in [0.5, 0.6) is 0 Å². The molecule has 0 bridgehead atoms. The number of unbranched alkanes of at least 4 members (excludes halogenated alkanes) is 1. The topological polar surface area (TPSA) is 38.4 Å². The molecule has 2 heteroatoms. The summed E-state index contributed by atoms with van der Waals surface area (Å²) in [5.41, 5.74) is 13.0. The largest absolute Gasteiger partial charge is 0.398 e. The van der Waals surface area contributed by atoms with Crippen molar-refractivity contribution < 1.29 is 0 Å². The highest BCUT2D eigenvalue weighted by Crippen LogP contribution is 2.32. The summed E-state index contributed by atoms with van der Waals surface area (Å²) in [6, 6.07) is 10.4. The first-order valence-corrected chi connectivity index (χ1v) is 8.47. The molecule has 0 spiro atoms. The van der Waals surface area contributed by atoms with E-state index < -0.39 is 0 Å². The number of allylic oxidation sites excluding steroid dienone is 4. The molecule has 0 aliphatic rings. The molecular weight excluding hydrogens is 280 g/mol. The Balaban J connectivity index is 3.62. The Kier molecular flexibility index (Phi) is 8.10. The number of nitrogens with zero attached hydrogens (tertiary/aromatic N) is 1. The lowest BCUT2D eigenvalue weighted by Crippen LogP contribution is -2.08. The second-order valence-corrected chi connectivity index (χ2v) is 5.67. The molecule has 23 heavy (non-hydrogen) atoms. The highest BCUT2D eigenvalue weighted by Gasteiger charge is 2.15. The van der Waals surface area contributed by atoms with Crippen LogP contribution < -0.4 is 5.73 Å². The fourth-order valence-corrected chi connectivity index (χ4v) is 2.47. The van der Waals surface area contributed by atoms with Gasteiger partial charge in [0.05, 0.1) is 0 Å². The van der Waals surface area contributed by atoms with Gasteiger partial charge in [-0.3, -0.25) is 4.99 Å². The third-order valence-corrected chi connectivity index (χ3v) is 3.94. The van der Waals surface area contributed by atoms with Gasteiger partial charge in [0.15, 0.2) is 0 Å². The van der Waals surface area contributed by atoms with Gasteiger partial charge >= 0.3 is 0 Å². The minimum Gasteiger partial charge on any atom is -0.398 e. The van der Waals surface area contributed by atoms with Crippen LogP contribution in [0.25, 0.3) is 5.57 Å². The lowest BCUT2D eigenvalue weighted by molar-refractivity contribution is 0.958. The fraction of sp³-hybridized carbons (Fsp3) is 0.381. The Morgan fingerprint density at radius 3 is 2.30 bits per heavy atom. The van der Waals surface area contributed by atoms with Gasteiger partial charge in [0.1, 0.15) is 0 Å². The maximum absolute atomic E-state index is 6.52. The molecule has 0 heterocycles. The molecular formula is C21H30N2. The van der Waals surface area contributed by atoms with Crippen molar-refractivity contribution in [1.82, 2.24) is 0 Å². The summed E-state index contributed by atoms with van der Waals surface area (Å²) in [6.07, 6.45) is 7.18. The van der Waals surface area contributed by atoms with E-state index in [-0.39, 0.29) is 0 Å². The summed E-state index contributed by atoms with van der Waals surface area (Å²) in [4.78, 5) is 4.52. The summed E-state index contributed by atoms with van der Waals surface area (Å²) < 4.78 is 0. The van der Waals surface area contributed by atoms with Crippen LogP contribution in [0.15, 0.2) is 63.9 Å². The number of rotatable bonds is 7. The van der Waals surface area contributed by atoms with Crippen molar-refractivity contribution in [1.29, 1.82) is 0 Å². The van der Waals surface area contributed by atoms with E-state index in [4.69, 9.17) is 5.73 Å². The van der Waals surface area contributed by atoms with Crippen LogP contribution in [0.4, 0.5) is 0 Å². The van der Waals surface area contributed by atoms with Crippen molar-refractivity contribution in [3.8, 4) is 0 Å². The molecule has 124 valence electrons. The first-order chi connectivity index (χ1) is 11.1. The molecule has 0 aliphatic carbocycles. The van der Waals surface area contributed by atoms with Crippen molar-refractivity contribution in [2.75, 3.05) is 0 Å². The average Bonchev–Trinajstić information content (AvgIpc) is 2.58. The SMILES string of the molecule is CC=N/C(C)=C(C(=C\CCC)/c1ccccc1)\C(N)=C(/C)CC. The van der Waals surface area contributed by atoms with Gasteiger partial charge in [0.2, 0.25) is 0 Å². The van der Waals surface area contributed by atoms with Crippen LogP contribution >= 0.6 is 0 Å². The summed E-state index contributed by atoms with van der Waals surface area (Å²) in [6.45, 7) is 10.4. The van der Waals surface area contributed by atoms with Gasteiger partial charge < -0.3 is 5.73 Å². The Bertz CT molecular complexity index is 617. The first kappa shape index (κ1) is 19.0. The number of hydrogen-bond donors (Lipinski definition) is 1. The molecule has 0 amide bonds. The van der Waals surface area contributed by atoms with Crippen molar-refractivity contribution >= 4 is 11.8 Å². The molecule has 0 fully saturated rings. The number of benzene rings is 1. The molecule has 0 radical (unpaired) electrons. The third kappa shape index (κ3) is 5.24. The van der Waals surface area contributed by atoms with Crippen molar-refractivity contribution in [2.45, 2.75) is 53.9 Å². The Morgan fingerprint density at radius 1 is 1.13 bits per heavy atom. The number of nitrogens with two attached hydrogens (primary N) is 1. The molecule has 0 atom stereocenters. The molecule has 0 saturated heterocycles. The Hall–Kier alpha value is -2.09. The first-order valence-electron chi connectivity index (χ1n) is 8.47. The second-order valence-electron chi connectivity index (χ2n) is 5.67. The third-order valence-electron chi connectivity index (χ3n) is 3.94. The highest BCUT2D eigenvalue weighted by molar-refractivity contribution is 5.84. The highest BCUT2D eigenvalue weighted by atomic mass is 14.7. The molecule has 0 aromatic heterocycles. The van der Waals surface area contributed by atoms with Crippen molar-refractivity contribution in [3.63, 3.8) is 0 Å². The van der Waals surface area contributed by atoms with E-state index in [2.05, 4.69) is 56.1 Å². The van der Waals surface area contributed by atoms with Gasteiger partial charge in [-0.15, -0.1) is 0 Å². The molecule has 1 aromatic rings. The molecule has 2 nitrogen and oxygen atoms in total. The van der Waals surface area contributed by atoms with Gasteiger partial charge in [-0.25, -0.2) is 0 Å². The zero-order valence-electron chi connectivity index (χ0n) is 15.2. The molecule has 0 aliphatic heterocycles. The van der Waals surface area contributed by atoms with E-state index >= 15 is 0 Å².